The fourth-order valence-electron chi connectivity index (χ4n) is 2.33. The molecular formula is C12H25NO2S. The fourth-order valence-corrected chi connectivity index (χ4v) is 3.42. The van der Waals surface area contributed by atoms with E-state index in [1.165, 1.54) is 25.7 Å². The molecule has 1 N–H and O–H groups in total. The second-order valence-electron chi connectivity index (χ2n) is 5.20. The van der Waals surface area contributed by atoms with Crippen LogP contribution >= 0.6 is 0 Å². The van der Waals surface area contributed by atoms with E-state index in [0.29, 0.717) is 6.04 Å². The van der Waals surface area contributed by atoms with Crippen LogP contribution in [0.25, 0.3) is 0 Å². The van der Waals surface area contributed by atoms with Gasteiger partial charge in [-0.3, -0.25) is 0 Å². The van der Waals surface area contributed by atoms with Crippen LogP contribution in [0.4, 0.5) is 0 Å². The van der Waals surface area contributed by atoms with Gasteiger partial charge in [0.25, 0.3) is 0 Å². The minimum absolute atomic E-state index is 0.0695. The van der Waals surface area contributed by atoms with Gasteiger partial charge in [0.2, 0.25) is 0 Å². The Balaban J connectivity index is 2.24. The number of hydrogen-bond donors (Lipinski definition) is 1. The highest BCUT2D eigenvalue weighted by atomic mass is 32.2. The van der Waals surface area contributed by atoms with Crippen LogP contribution in [-0.2, 0) is 9.84 Å². The Morgan fingerprint density at radius 3 is 2.31 bits per heavy atom. The van der Waals surface area contributed by atoms with Gasteiger partial charge in [-0.05, 0) is 26.2 Å². The largest absolute Gasteiger partial charge is 0.311 e. The van der Waals surface area contributed by atoms with Crippen LogP contribution in [0.15, 0.2) is 0 Å². The molecule has 0 amide bonds. The van der Waals surface area contributed by atoms with E-state index in [9.17, 15) is 8.42 Å². The Morgan fingerprint density at radius 1 is 1.25 bits per heavy atom. The van der Waals surface area contributed by atoms with Crippen LogP contribution in [0.5, 0.6) is 0 Å². The van der Waals surface area contributed by atoms with E-state index in [4.69, 9.17) is 0 Å². The monoisotopic (exact) mass is 247 g/mol. The van der Waals surface area contributed by atoms with Gasteiger partial charge in [-0.2, -0.15) is 0 Å². The summed E-state index contributed by atoms with van der Waals surface area (Å²) in [5.41, 5.74) is 0. The molecule has 0 radical (unpaired) electrons. The molecule has 1 saturated carbocycles. The first-order valence-corrected chi connectivity index (χ1v) is 8.21. The lowest BCUT2D eigenvalue weighted by Crippen LogP contribution is -2.40. The first kappa shape index (κ1) is 14.0. The van der Waals surface area contributed by atoms with E-state index in [0.717, 1.165) is 5.92 Å². The van der Waals surface area contributed by atoms with E-state index in [2.05, 4.69) is 12.2 Å². The molecule has 0 saturated heterocycles. The summed E-state index contributed by atoms with van der Waals surface area (Å²) in [6.07, 6.45) is 5.27. The van der Waals surface area contributed by atoms with Gasteiger partial charge in [-0.25, -0.2) is 8.42 Å². The number of nitrogens with one attached hydrogen (secondary N) is 1. The van der Waals surface area contributed by atoms with Crippen LogP contribution in [0.2, 0.25) is 0 Å². The third kappa shape index (κ3) is 4.83. The zero-order valence-electron chi connectivity index (χ0n) is 10.7. The third-order valence-electron chi connectivity index (χ3n) is 3.42. The Morgan fingerprint density at radius 2 is 1.88 bits per heavy atom. The standard InChI is InChI=1S/C12H25NO2S/c1-4-16(14,15)9-11(3)13-10(2)8-12-6-5-7-12/h10-13H,4-9H2,1-3H3. The summed E-state index contributed by atoms with van der Waals surface area (Å²) < 4.78 is 22.9. The highest BCUT2D eigenvalue weighted by Crippen LogP contribution is 2.30. The van der Waals surface area contributed by atoms with Crippen LogP contribution in [0.1, 0.15) is 46.5 Å². The van der Waals surface area contributed by atoms with Gasteiger partial charge in [0, 0.05) is 17.8 Å². The summed E-state index contributed by atoms with van der Waals surface area (Å²) in [7, 11) is -2.85. The lowest BCUT2D eigenvalue weighted by atomic mass is 9.81. The molecule has 1 rings (SSSR count). The van der Waals surface area contributed by atoms with Crippen molar-refractivity contribution in [1.82, 2.24) is 5.32 Å². The third-order valence-corrected chi connectivity index (χ3v) is 5.31. The molecular weight excluding hydrogens is 222 g/mol. The zero-order chi connectivity index (χ0) is 12.2. The summed E-state index contributed by atoms with van der Waals surface area (Å²) in [5, 5.41) is 3.39. The Kier molecular flexibility index (Phi) is 5.25. The summed E-state index contributed by atoms with van der Waals surface area (Å²) in [4.78, 5) is 0. The fraction of sp³-hybridized carbons (Fsp3) is 1.00. The van der Waals surface area contributed by atoms with Crippen LogP contribution in [0, 0.1) is 5.92 Å². The van der Waals surface area contributed by atoms with Gasteiger partial charge in [0.1, 0.15) is 0 Å². The average molecular weight is 247 g/mol. The molecule has 2 unspecified atom stereocenters. The molecule has 3 nitrogen and oxygen atoms in total. The lowest BCUT2D eigenvalue weighted by molar-refractivity contribution is 0.261. The minimum Gasteiger partial charge on any atom is -0.311 e. The molecule has 1 aliphatic carbocycles. The highest BCUT2D eigenvalue weighted by Gasteiger charge is 2.21. The van der Waals surface area contributed by atoms with Gasteiger partial charge < -0.3 is 5.32 Å². The van der Waals surface area contributed by atoms with Crippen LogP contribution < -0.4 is 5.32 Å². The van der Waals surface area contributed by atoms with Gasteiger partial charge in [0.15, 0.2) is 9.84 Å². The van der Waals surface area contributed by atoms with E-state index in [1.807, 2.05) is 6.92 Å². The SMILES string of the molecule is CCS(=O)(=O)CC(C)NC(C)CC1CCC1. The Labute approximate surface area is 99.9 Å². The van der Waals surface area contributed by atoms with E-state index >= 15 is 0 Å². The van der Waals surface area contributed by atoms with Gasteiger partial charge in [-0.1, -0.05) is 26.2 Å². The number of hydrogen-bond acceptors (Lipinski definition) is 3. The van der Waals surface area contributed by atoms with Crippen molar-refractivity contribution in [3.63, 3.8) is 0 Å². The maximum Gasteiger partial charge on any atom is 0.151 e. The second kappa shape index (κ2) is 6.01. The molecule has 0 aromatic heterocycles. The average Bonchev–Trinajstić information content (AvgIpc) is 2.10. The number of sulfone groups is 1. The van der Waals surface area contributed by atoms with Crippen molar-refractivity contribution in [2.75, 3.05) is 11.5 Å². The predicted molar refractivity (Wildman–Crippen MR) is 68.3 cm³/mol. The van der Waals surface area contributed by atoms with Crippen molar-refractivity contribution in [1.29, 1.82) is 0 Å². The van der Waals surface area contributed by atoms with Crippen molar-refractivity contribution in [3.05, 3.63) is 0 Å². The van der Waals surface area contributed by atoms with Crippen molar-refractivity contribution in [2.24, 2.45) is 5.92 Å². The van der Waals surface area contributed by atoms with Gasteiger partial charge >= 0.3 is 0 Å². The minimum atomic E-state index is -2.85. The van der Waals surface area contributed by atoms with Crippen molar-refractivity contribution in [3.8, 4) is 0 Å². The van der Waals surface area contributed by atoms with E-state index < -0.39 is 9.84 Å². The highest BCUT2D eigenvalue weighted by molar-refractivity contribution is 7.91. The molecule has 16 heavy (non-hydrogen) atoms. The Hall–Kier alpha value is -0.0900. The lowest BCUT2D eigenvalue weighted by Gasteiger charge is -2.30. The molecule has 4 heteroatoms. The van der Waals surface area contributed by atoms with Crippen LogP contribution in [0.3, 0.4) is 0 Å². The maximum absolute atomic E-state index is 11.4. The van der Waals surface area contributed by atoms with Crippen molar-refractivity contribution >= 4 is 9.84 Å². The smallest absolute Gasteiger partial charge is 0.151 e. The summed E-state index contributed by atoms with van der Waals surface area (Å²) in [6.45, 7) is 5.83. The summed E-state index contributed by atoms with van der Waals surface area (Å²) in [6, 6.07) is 0.507. The molecule has 0 aromatic carbocycles. The molecule has 0 bridgehead atoms. The normalized spacial score (nSPS) is 21.4. The molecule has 1 aliphatic rings. The molecule has 96 valence electrons. The van der Waals surface area contributed by atoms with E-state index in [-0.39, 0.29) is 17.5 Å². The first-order valence-electron chi connectivity index (χ1n) is 6.39. The second-order valence-corrected chi connectivity index (χ2v) is 7.60. The molecule has 2 atom stereocenters. The molecule has 0 heterocycles. The molecule has 0 aromatic rings. The van der Waals surface area contributed by atoms with Gasteiger partial charge in [0.05, 0.1) is 5.75 Å². The quantitative estimate of drug-likeness (QED) is 0.748. The van der Waals surface area contributed by atoms with E-state index in [1.54, 1.807) is 6.92 Å². The van der Waals surface area contributed by atoms with Crippen molar-refractivity contribution < 1.29 is 8.42 Å². The molecule has 0 spiro atoms. The topological polar surface area (TPSA) is 46.2 Å². The summed E-state index contributed by atoms with van der Waals surface area (Å²) in [5.74, 6) is 1.38. The zero-order valence-corrected chi connectivity index (χ0v) is 11.5. The Bertz CT molecular complexity index is 296. The molecule has 0 aliphatic heterocycles. The van der Waals surface area contributed by atoms with Gasteiger partial charge in [-0.15, -0.1) is 0 Å². The van der Waals surface area contributed by atoms with Crippen LogP contribution in [-0.4, -0.2) is 32.0 Å². The predicted octanol–water partition coefficient (Wildman–Crippen LogP) is 1.98. The maximum atomic E-state index is 11.4. The molecule has 1 fully saturated rings. The van der Waals surface area contributed by atoms with Crippen molar-refractivity contribution in [2.45, 2.75) is 58.5 Å². The first-order chi connectivity index (χ1) is 7.43. The number of rotatable bonds is 7. The summed E-state index contributed by atoms with van der Waals surface area (Å²) >= 11 is 0.